The number of hydrogen-bond acceptors (Lipinski definition) is 4. The molecule has 0 atom stereocenters. The first-order chi connectivity index (χ1) is 9.58. The van der Waals surface area contributed by atoms with Gasteiger partial charge in [-0.3, -0.25) is 0 Å². The number of anilines is 1. The number of rotatable bonds is 4. The van der Waals surface area contributed by atoms with Gasteiger partial charge in [0.05, 0.1) is 11.6 Å². The van der Waals surface area contributed by atoms with Crippen molar-refractivity contribution in [1.29, 1.82) is 5.26 Å². The van der Waals surface area contributed by atoms with Crippen LogP contribution in [0.15, 0.2) is 30.3 Å². The molecule has 0 saturated heterocycles. The SMILES string of the molecule is Cc1cc(NCc2ccc(C#N)cc2)nc(C(C)C)n1. The van der Waals surface area contributed by atoms with Gasteiger partial charge in [0.25, 0.3) is 0 Å². The average molecular weight is 266 g/mol. The summed E-state index contributed by atoms with van der Waals surface area (Å²) in [7, 11) is 0. The van der Waals surface area contributed by atoms with E-state index < -0.39 is 0 Å². The summed E-state index contributed by atoms with van der Waals surface area (Å²) < 4.78 is 0. The molecule has 0 aliphatic rings. The summed E-state index contributed by atoms with van der Waals surface area (Å²) in [6.45, 7) is 6.82. The minimum atomic E-state index is 0.311. The summed E-state index contributed by atoms with van der Waals surface area (Å²) in [5.41, 5.74) is 2.76. The molecule has 0 aliphatic heterocycles. The van der Waals surface area contributed by atoms with Crippen molar-refractivity contribution < 1.29 is 0 Å². The zero-order valence-electron chi connectivity index (χ0n) is 12.0. The molecule has 1 aromatic carbocycles. The maximum Gasteiger partial charge on any atom is 0.133 e. The monoisotopic (exact) mass is 266 g/mol. The van der Waals surface area contributed by atoms with E-state index >= 15 is 0 Å². The van der Waals surface area contributed by atoms with Crippen LogP contribution in [0.5, 0.6) is 0 Å². The van der Waals surface area contributed by atoms with E-state index in [2.05, 4.69) is 35.2 Å². The highest BCUT2D eigenvalue weighted by Gasteiger charge is 2.06. The molecule has 0 saturated carbocycles. The minimum Gasteiger partial charge on any atom is -0.366 e. The van der Waals surface area contributed by atoms with Crippen LogP contribution in [-0.2, 0) is 6.54 Å². The summed E-state index contributed by atoms with van der Waals surface area (Å²) in [6, 6.07) is 11.6. The van der Waals surface area contributed by atoms with Gasteiger partial charge < -0.3 is 5.32 Å². The van der Waals surface area contributed by atoms with Crippen LogP contribution in [0.25, 0.3) is 0 Å². The molecule has 1 N–H and O–H groups in total. The predicted octanol–water partition coefficient (Wildman–Crippen LogP) is 3.39. The van der Waals surface area contributed by atoms with Crippen LogP contribution >= 0.6 is 0 Å². The van der Waals surface area contributed by atoms with Gasteiger partial charge in [-0.25, -0.2) is 9.97 Å². The van der Waals surface area contributed by atoms with Gasteiger partial charge in [0.15, 0.2) is 0 Å². The maximum atomic E-state index is 8.77. The van der Waals surface area contributed by atoms with Crippen LogP contribution in [0.4, 0.5) is 5.82 Å². The fourth-order valence-electron chi connectivity index (χ4n) is 1.83. The lowest BCUT2D eigenvalue weighted by atomic mass is 10.1. The Morgan fingerprint density at radius 1 is 1.20 bits per heavy atom. The lowest BCUT2D eigenvalue weighted by molar-refractivity contribution is 0.766. The summed E-state index contributed by atoms with van der Waals surface area (Å²) in [5.74, 6) is 2.00. The first-order valence-electron chi connectivity index (χ1n) is 6.67. The van der Waals surface area contributed by atoms with Crippen LogP contribution in [0.2, 0.25) is 0 Å². The standard InChI is InChI=1S/C16H18N4/c1-11(2)16-19-12(3)8-15(20-16)18-10-14-6-4-13(9-17)5-7-14/h4-8,11H,10H2,1-3H3,(H,18,19,20). The second kappa shape index (κ2) is 6.16. The Morgan fingerprint density at radius 2 is 1.90 bits per heavy atom. The Bertz CT molecular complexity index is 624. The lowest BCUT2D eigenvalue weighted by Crippen LogP contribution is -2.06. The van der Waals surface area contributed by atoms with Crippen molar-refractivity contribution in [3.05, 3.63) is 53.0 Å². The van der Waals surface area contributed by atoms with Crippen LogP contribution < -0.4 is 5.32 Å². The van der Waals surface area contributed by atoms with E-state index in [0.717, 1.165) is 22.9 Å². The molecule has 1 aromatic heterocycles. The second-order valence-electron chi connectivity index (χ2n) is 5.07. The van der Waals surface area contributed by atoms with Crippen LogP contribution in [-0.4, -0.2) is 9.97 Å². The van der Waals surface area contributed by atoms with E-state index in [1.807, 2.05) is 37.3 Å². The lowest BCUT2D eigenvalue weighted by Gasteiger charge is -2.10. The number of nitrogens with one attached hydrogen (secondary N) is 1. The van der Waals surface area contributed by atoms with Gasteiger partial charge in [-0.2, -0.15) is 5.26 Å². The number of nitriles is 1. The summed E-state index contributed by atoms with van der Waals surface area (Å²) in [4.78, 5) is 8.93. The smallest absolute Gasteiger partial charge is 0.133 e. The van der Waals surface area contributed by atoms with Crippen molar-refractivity contribution >= 4 is 5.82 Å². The zero-order chi connectivity index (χ0) is 14.5. The number of aryl methyl sites for hydroxylation is 1. The highest BCUT2D eigenvalue weighted by atomic mass is 15.0. The molecule has 0 amide bonds. The predicted molar refractivity (Wildman–Crippen MR) is 79.3 cm³/mol. The third-order valence-corrected chi connectivity index (χ3v) is 2.94. The zero-order valence-corrected chi connectivity index (χ0v) is 12.0. The van der Waals surface area contributed by atoms with Crippen molar-refractivity contribution in [2.45, 2.75) is 33.2 Å². The summed E-state index contributed by atoms with van der Waals surface area (Å²) >= 11 is 0. The van der Waals surface area contributed by atoms with Gasteiger partial charge in [-0.05, 0) is 24.6 Å². The van der Waals surface area contributed by atoms with Crippen LogP contribution in [0.3, 0.4) is 0 Å². The summed E-state index contributed by atoms with van der Waals surface area (Å²) in [6.07, 6.45) is 0. The Balaban J connectivity index is 2.08. The molecule has 2 rings (SSSR count). The molecule has 4 nitrogen and oxygen atoms in total. The third-order valence-electron chi connectivity index (χ3n) is 2.94. The molecule has 0 bridgehead atoms. The van der Waals surface area contributed by atoms with E-state index in [0.29, 0.717) is 18.0 Å². The second-order valence-corrected chi connectivity index (χ2v) is 5.07. The summed E-state index contributed by atoms with van der Waals surface area (Å²) in [5, 5.41) is 12.1. The van der Waals surface area contributed by atoms with Crippen molar-refractivity contribution in [2.24, 2.45) is 0 Å². The van der Waals surface area contributed by atoms with Crippen molar-refractivity contribution in [1.82, 2.24) is 9.97 Å². The highest BCUT2D eigenvalue weighted by Crippen LogP contribution is 2.14. The molecule has 2 aromatic rings. The van der Waals surface area contributed by atoms with Crippen molar-refractivity contribution in [3.8, 4) is 6.07 Å². The van der Waals surface area contributed by atoms with Gasteiger partial charge in [-0.1, -0.05) is 26.0 Å². The normalized spacial score (nSPS) is 10.3. The fourth-order valence-corrected chi connectivity index (χ4v) is 1.83. The first kappa shape index (κ1) is 14.0. The fraction of sp³-hybridized carbons (Fsp3) is 0.312. The molecule has 0 fully saturated rings. The Labute approximate surface area is 119 Å². The van der Waals surface area contributed by atoms with E-state index in [1.165, 1.54) is 0 Å². The number of aromatic nitrogens is 2. The van der Waals surface area contributed by atoms with Gasteiger partial charge >= 0.3 is 0 Å². The molecule has 0 unspecified atom stereocenters. The van der Waals surface area contributed by atoms with Gasteiger partial charge in [0.1, 0.15) is 11.6 Å². The Kier molecular flexibility index (Phi) is 4.31. The van der Waals surface area contributed by atoms with Crippen molar-refractivity contribution in [3.63, 3.8) is 0 Å². The van der Waals surface area contributed by atoms with Gasteiger partial charge in [0, 0.05) is 24.2 Å². The largest absolute Gasteiger partial charge is 0.366 e. The number of benzene rings is 1. The molecular weight excluding hydrogens is 248 g/mol. The number of hydrogen-bond donors (Lipinski definition) is 1. The van der Waals surface area contributed by atoms with Gasteiger partial charge in [-0.15, -0.1) is 0 Å². The first-order valence-corrected chi connectivity index (χ1v) is 6.67. The van der Waals surface area contributed by atoms with Gasteiger partial charge in [0.2, 0.25) is 0 Å². The maximum absolute atomic E-state index is 8.77. The van der Waals surface area contributed by atoms with E-state index in [4.69, 9.17) is 5.26 Å². The third kappa shape index (κ3) is 3.55. The Morgan fingerprint density at radius 3 is 2.50 bits per heavy atom. The van der Waals surface area contributed by atoms with E-state index in [9.17, 15) is 0 Å². The molecule has 0 radical (unpaired) electrons. The van der Waals surface area contributed by atoms with E-state index in [1.54, 1.807) is 0 Å². The minimum absolute atomic E-state index is 0.311. The Hall–Kier alpha value is -2.41. The molecule has 102 valence electrons. The number of nitrogens with zero attached hydrogens (tertiary/aromatic N) is 3. The van der Waals surface area contributed by atoms with Crippen molar-refractivity contribution in [2.75, 3.05) is 5.32 Å². The van der Waals surface area contributed by atoms with E-state index in [-0.39, 0.29) is 0 Å². The molecule has 20 heavy (non-hydrogen) atoms. The quantitative estimate of drug-likeness (QED) is 0.921. The molecule has 1 heterocycles. The average Bonchev–Trinajstić information content (AvgIpc) is 2.45. The van der Waals surface area contributed by atoms with Crippen LogP contribution in [0.1, 0.15) is 42.4 Å². The highest BCUT2D eigenvalue weighted by molar-refractivity contribution is 5.38. The molecule has 4 heteroatoms. The van der Waals surface area contributed by atoms with Crippen LogP contribution in [0, 0.1) is 18.3 Å². The topological polar surface area (TPSA) is 61.6 Å². The molecule has 0 aliphatic carbocycles. The molecule has 0 spiro atoms. The molecular formula is C16H18N4.